The van der Waals surface area contributed by atoms with Crippen LogP contribution in [0.5, 0.6) is 0 Å². The van der Waals surface area contributed by atoms with Crippen molar-refractivity contribution in [2.75, 3.05) is 7.11 Å². The van der Waals surface area contributed by atoms with Gasteiger partial charge in [0, 0.05) is 6.04 Å². The molecule has 15 heavy (non-hydrogen) atoms. The molecule has 1 aliphatic carbocycles. The van der Waals surface area contributed by atoms with Gasteiger partial charge in [-0.2, -0.15) is 0 Å². The number of rotatable bonds is 1. The van der Waals surface area contributed by atoms with Crippen LogP contribution in [0.2, 0.25) is 5.02 Å². The first-order valence-electron chi connectivity index (χ1n) is 4.80. The van der Waals surface area contributed by atoms with E-state index in [1.165, 1.54) is 7.11 Å². The van der Waals surface area contributed by atoms with Crippen molar-refractivity contribution in [2.45, 2.75) is 18.9 Å². The third kappa shape index (κ3) is 1.62. The van der Waals surface area contributed by atoms with Gasteiger partial charge in [-0.05, 0) is 30.0 Å². The van der Waals surface area contributed by atoms with Gasteiger partial charge in [0.05, 0.1) is 17.7 Å². The second-order valence-electron chi connectivity index (χ2n) is 3.63. The van der Waals surface area contributed by atoms with Gasteiger partial charge < -0.3 is 10.5 Å². The molecule has 0 heterocycles. The maximum atomic E-state index is 11.4. The third-order valence-electron chi connectivity index (χ3n) is 2.79. The van der Waals surface area contributed by atoms with E-state index >= 15 is 0 Å². The topological polar surface area (TPSA) is 52.3 Å². The second kappa shape index (κ2) is 3.83. The molecular formula is C11H12ClNO2. The number of hydrogen-bond donors (Lipinski definition) is 1. The lowest BCUT2D eigenvalue weighted by Gasteiger charge is -2.09. The minimum absolute atomic E-state index is 0.0456. The molecule has 0 spiro atoms. The molecule has 0 fully saturated rings. The van der Waals surface area contributed by atoms with Crippen molar-refractivity contribution in [3.8, 4) is 0 Å². The number of fused-ring (bicyclic) bond motifs is 1. The summed E-state index contributed by atoms with van der Waals surface area (Å²) in [6.45, 7) is 0. The first-order valence-corrected chi connectivity index (χ1v) is 5.18. The van der Waals surface area contributed by atoms with E-state index in [2.05, 4.69) is 4.74 Å². The normalized spacial score (nSPS) is 18.7. The summed E-state index contributed by atoms with van der Waals surface area (Å²) >= 11 is 6.14. The van der Waals surface area contributed by atoms with Gasteiger partial charge >= 0.3 is 5.97 Å². The number of carbonyl (C=O) groups excluding carboxylic acids is 1. The first-order chi connectivity index (χ1) is 7.15. The van der Waals surface area contributed by atoms with Crippen molar-refractivity contribution in [1.29, 1.82) is 0 Å². The van der Waals surface area contributed by atoms with E-state index in [1.54, 1.807) is 6.07 Å². The third-order valence-corrected chi connectivity index (χ3v) is 3.22. The largest absolute Gasteiger partial charge is 0.465 e. The van der Waals surface area contributed by atoms with Crippen LogP contribution < -0.4 is 5.73 Å². The maximum absolute atomic E-state index is 11.4. The Morgan fingerprint density at radius 2 is 2.33 bits per heavy atom. The minimum Gasteiger partial charge on any atom is -0.465 e. The Balaban J connectivity index is 2.51. The number of nitrogens with two attached hydrogens (primary N) is 1. The Kier molecular flexibility index (Phi) is 2.67. The number of carbonyl (C=O) groups is 1. The molecule has 2 rings (SSSR count). The van der Waals surface area contributed by atoms with Crippen molar-refractivity contribution in [1.82, 2.24) is 0 Å². The van der Waals surface area contributed by atoms with Gasteiger partial charge in [-0.15, -0.1) is 0 Å². The van der Waals surface area contributed by atoms with Crippen LogP contribution in [0.15, 0.2) is 12.1 Å². The van der Waals surface area contributed by atoms with Crippen LogP contribution >= 0.6 is 11.6 Å². The Morgan fingerprint density at radius 3 is 3.00 bits per heavy atom. The first kappa shape index (κ1) is 10.5. The molecule has 1 unspecified atom stereocenters. The molecule has 1 atom stereocenters. The molecule has 1 aromatic carbocycles. The monoisotopic (exact) mass is 225 g/mol. The number of ether oxygens (including phenoxy) is 1. The highest BCUT2D eigenvalue weighted by Gasteiger charge is 2.24. The molecule has 1 aliphatic rings. The van der Waals surface area contributed by atoms with E-state index in [-0.39, 0.29) is 6.04 Å². The minimum atomic E-state index is -0.400. The van der Waals surface area contributed by atoms with Gasteiger partial charge in [0.2, 0.25) is 0 Å². The Labute approximate surface area is 93.2 Å². The van der Waals surface area contributed by atoms with E-state index in [9.17, 15) is 4.79 Å². The SMILES string of the molecule is COC(=O)c1ccc2c(c1Cl)CCC2N. The highest BCUT2D eigenvalue weighted by atomic mass is 35.5. The van der Waals surface area contributed by atoms with Crippen LogP contribution in [-0.4, -0.2) is 13.1 Å². The number of methoxy groups -OCH3 is 1. The summed E-state index contributed by atoms with van der Waals surface area (Å²) in [7, 11) is 1.34. The smallest absolute Gasteiger partial charge is 0.339 e. The maximum Gasteiger partial charge on any atom is 0.339 e. The molecular weight excluding hydrogens is 214 g/mol. The van der Waals surface area contributed by atoms with Crippen LogP contribution in [0, 0.1) is 0 Å². The van der Waals surface area contributed by atoms with Gasteiger partial charge in [0.1, 0.15) is 0 Å². The van der Waals surface area contributed by atoms with Crippen LogP contribution in [-0.2, 0) is 11.2 Å². The summed E-state index contributed by atoms with van der Waals surface area (Å²) in [5, 5.41) is 0.493. The summed E-state index contributed by atoms with van der Waals surface area (Å²) in [5.74, 6) is -0.400. The predicted octanol–water partition coefficient (Wildman–Crippen LogP) is 2.07. The van der Waals surface area contributed by atoms with E-state index in [0.29, 0.717) is 10.6 Å². The van der Waals surface area contributed by atoms with E-state index in [0.717, 1.165) is 24.0 Å². The van der Waals surface area contributed by atoms with Crippen molar-refractivity contribution in [2.24, 2.45) is 5.73 Å². The number of benzene rings is 1. The Morgan fingerprint density at radius 1 is 1.60 bits per heavy atom. The quantitative estimate of drug-likeness (QED) is 0.745. The van der Waals surface area contributed by atoms with E-state index < -0.39 is 5.97 Å². The Hall–Kier alpha value is -1.06. The van der Waals surface area contributed by atoms with Crippen LogP contribution in [0.4, 0.5) is 0 Å². The molecule has 0 saturated heterocycles. The zero-order chi connectivity index (χ0) is 11.0. The molecule has 1 aromatic rings. The molecule has 2 N–H and O–H groups in total. The summed E-state index contributed by atoms with van der Waals surface area (Å²) < 4.78 is 4.65. The molecule has 0 saturated carbocycles. The molecule has 0 aliphatic heterocycles. The summed E-state index contributed by atoms with van der Waals surface area (Å²) in [4.78, 5) is 11.4. The molecule has 80 valence electrons. The van der Waals surface area contributed by atoms with Crippen LogP contribution in [0.25, 0.3) is 0 Å². The highest BCUT2D eigenvalue weighted by Crippen LogP contribution is 2.36. The van der Waals surface area contributed by atoms with Crippen LogP contribution in [0.3, 0.4) is 0 Å². The van der Waals surface area contributed by atoms with Crippen LogP contribution in [0.1, 0.15) is 33.9 Å². The van der Waals surface area contributed by atoms with Crippen molar-refractivity contribution in [3.63, 3.8) is 0 Å². The average Bonchev–Trinajstić information content (AvgIpc) is 2.61. The summed E-state index contributed by atoms with van der Waals surface area (Å²) in [5.41, 5.74) is 8.36. The number of hydrogen-bond acceptors (Lipinski definition) is 3. The second-order valence-corrected chi connectivity index (χ2v) is 4.01. The molecule has 0 aromatic heterocycles. The van der Waals surface area contributed by atoms with Crippen molar-refractivity contribution in [3.05, 3.63) is 33.8 Å². The standard InChI is InChI=1S/C11H12ClNO2/c1-15-11(14)8-3-2-6-7(10(8)12)4-5-9(6)13/h2-3,9H,4-5,13H2,1H3. The molecule has 0 radical (unpaired) electrons. The summed E-state index contributed by atoms with van der Waals surface area (Å²) in [6, 6.07) is 3.59. The predicted molar refractivity (Wildman–Crippen MR) is 58.0 cm³/mol. The van der Waals surface area contributed by atoms with Gasteiger partial charge in [-0.25, -0.2) is 4.79 Å². The van der Waals surface area contributed by atoms with Gasteiger partial charge in [-0.3, -0.25) is 0 Å². The zero-order valence-corrected chi connectivity index (χ0v) is 9.17. The molecule has 3 nitrogen and oxygen atoms in total. The van der Waals surface area contributed by atoms with E-state index in [4.69, 9.17) is 17.3 Å². The number of esters is 1. The van der Waals surface area contributed by atoms with Crippen molar-refractivity contribution >= 4 is 17.6 Å². The zero-order valence-electron chi connectivity index (χ0n) is 8.42. The van der Waals surface area contributed by atoms with Gasteiger partial charge in [0.15, 0.2) is 0 Å². The van der Waals surface area contributed by atoms with Gasteiger partial charge in [0.25, 0.3) is 0 Å². The lowest BCUT2D eigenvalue weighted by molar-refractivity contribution is 0.0601. The lowest BCUT2D eigenvalue weighted by atomic mass is 10.0. The van der Waals surface area contributed by atoms with Gasteiger partial charge in [-0.1, -0.05) is 17.7 Å². The Bertz CT molecular complexity index is 417. The number of halogens is 1. The fraction of sp³-hybridized carbons (Fsp3) is 0.364. The molecule has 0 amide bonds. The fourth-order valence-corrected chi connectivity index (χ4v) is 2.30. The fourth-order valence-electron chi connectivity index (χ4n) is 1.96. The average molecular weight is 226 g/mol. The molecule has 4 heteroatoms. The lowest BCUT2D eigenvalue weighted by Crippen LogP contribution is -2.07. The molecule has 0 bridgehead atoms. The van der Waals surface area contributed by atoms with Crippen molar-refractivity contribution < 1.29 is 9.53 Å². The highest BCUT2D eigenvalue weighted by molar-refractivity contribution is 6.34. The summed E-state index contributed by atoms with van der Waals surface area (Å²) in [6.07, 6.45) is 1.72. The van der Waals surface area contributed by atoms with E-state index in [1.807, 2.05) is 6.07 Å².